The van der Waals surface area contributed by atoms with E-state index in [2.05, 4.69) is 0 Å². The number of nitrogens with zero attached hydrogens (tertiary/aromatic N) is 1. The number of aromatic nitrogens is 1. The van der Waals surface area contributed by atoms with Crippen molar-refractivity contribution in [2.75, 3.05) is 7.11 Å². The third-order valence-corrected chi connectivity index (χ3v) is 2.97. The predicted octanol–water partition coefficient (Wildman–Crippen LogP) is 2.69. The van der Waals surface area contributed by atoms with Crippen molar-refractivity contribution < 1.29 is 19.0 Å². The van der Waals surface area contributed by atoms with Crippen molar-refractivity contribution in [1.82, 2.24) is 4.57 Å². The molecule has 0 aliphatic rings. The van der Waals surface area contributed by atoms with Gasteiger partial charge in [-0.15, -0.1) is 0 Å². The zero-order valence-corrected chi connectivity index (χ0v) is 10.7. The Balaban J connectivity index is 2.34. The molecule has 19 heavy (non-hydrogen) atoms. The van der Waals surface area contributed by atoms with Crippen molar-refractivity contribution in [3.8, 4) is 5.75 Å². The van der Waals surface area contributed by atoms with Gasteiger partial charge in [-0.25, -0.2) is 9.18 Å². The highest BCUT2D eigenvalue weighted by atomic mass is 19.1. The maximum absolute atomic E-state index is 13.8. The summed E-state index contributed by atoms with van der Waals surface area (Å²) in [6.07, 6.45) is 1.64. The molecular weight excluding hydrogens is 249 g/mol. The van der Waals surface area contributed by atoms with E-state index in [-0.39, 0.29) is 12.2 Å². The van der Waals surface area contributed by atoms with E-state index < -0.39 is 11.8 Å². The number of benzene rings is 1. The van der Waals surface area contributed by atoms with Gasteiger partial charge in [-0.3, -0.25) is 0 Å². The first kappa shape index (κ1) is 13.1. The molecule has 0 bridgehead atoms. The van der Waals surface area contributed by atoms with Crippen LogP contribution in [0.5, 0.6) is 5.75 Å². The molecule has 0 saturated heterocycles. The summed E-state index contributed by atoms with van der Waals surface area (Å²) < 4.78 is 20.3. The molecule has 0 aliphatic carbocycles. The monoisotopic (exact) mass is 263 g/mol. The molecule has 4 nitrogen and oxygen atoms in total. The van der Waals surface area contributed by atoms with E-state index in [9.17, 15) is 9.18 Å². The molecule has 2 rings (SSSR count). The van der Waals surface area contributed by atoms with Crippen LogP contribution in [-0.4, -0.2) is 22.8 Å². The number of rotatable bonds is 4. The fourth-order valence-corrected chi connectivity index (χ4v) is 1.97. The molecule has 1 aromatic heterocycles. The van der Waals surface area contributed by atoms with E-state index in [1.165, 1.54) is 17.7 Å². The van der Waals surface area contributed by atoms with Crippen molar-refractivity contribution >= 4 is 5.97 Å². The molecular formula is C14H14FNO3. The molecule has 0 atom stereocenters. The zero-order chi connectivity index (χ0) is 14.0. The van der Waals surface area contributed by atoms with Crippen LogP contribution in [0, 0.1) is 12.7 Å². The number of hydrogen-bond acceptors (Lipinski definition) is 2. The molecule has 0 radical (unpaired) electrons. The van der Waals surface area contributed by atoms with E-state index in [4.69, 9.17) is 9.84 Å². The second-order valence-electron chi connectivity index (χ2n) is 4.24. The van der Waals surface area contributed by atoms with Gasteiger partial charge in [-0.2, -0.15) is 0 Å². The fourth-order valence-electron chi connectivity index (χ4n) is 1.97. The summed E-state index contributed by atoms with van der Waals surface area (Å²) in [5.74, 6) is -0.998. The average Bonchev–Trinajstić information content (AvgIpc) is 2.73. The Morgan fingerprint density at radius 1 is 1.42 bits per heavy atom. The van der Waals surface area contributed by atoms with Gasteiger partial charge in [0.2, 0.25) is 0 Å². The van der Waals surface area contributed by atoms with Crippen molar-refractivity contribution in [1.29, 1.82) is 0 Å². The van der Waals surface area contributed by atoms with Crippen LogP contribution in [0.2, 0.25) is 0 Å². The van der Waals surface area contributed by atoms with E-state index >= 15 is 0 Å². The molecule has 0 aliphatic heterocycles. The number of carboxylic acids is 1. The van der Waals surface area contributed by atoms with Gasteiger partial charge in [0.25, 0.3) is 0 Å². The van der Waals surface area contributed by atoms with Gasteiger partial charge in [-0.05, 0) is 24.6 Å². The molecule has 1 heterocycles. The topological polar surface area (TPSA) is 51.5 Å². The van der Waals surface area contributed by atoms with Gasteiger partial charge >= 0.3 is 5.97 Å². The van der Waals surface area contributed by atoms with Gasteiger partial charge < -0.3 is 14.4 Å². The highest BCUT2D eigenvalue weighted by Crippen LogP contribution is 2.19. The molecule has 0 spiro atoms. The third kappa shape index (κ3) is 2.59. The molecule has 100 valence electrons. The van der Waals surface area contributed by atoms with Gasteiger partial charge in [0.15, 0.2) is 0 Å². The number of carbonyl (C=O) groups is 1. The van der Waals surface area contributed by atoms with Gasteiger partial charge in [-0.1, -0.05) is 6.07 Å². The Morgan fingerprint density at radius 2 is 2.16 bits per heavy atom. The largest absolute Gasteiger partial charge is 0.497 e. The van der Waals surface area contributed by atoms with Crippen LogP contribution in [0.25, 0.3) is 0 Å². The summed E-state index contributed by atoms with van der Waals surface area (Å²) in [5.41, 5.74) is 1.25. The number of hydrogen-bond donors (Lipinski definition) is 1. The lowest BCUT2D eigenvalue weighted by Crippen LogP contribution is -2.10. The quantitative estimate of drug-likeness (QED) is 0.922. The molecule has 1 aromatic carbocycles. The molecule has 0 unspecified atom stereocenters. The average molecular weight is 263 g/mol. The SMILES string of the molecule is COc1ccc(Cn2ccc(C)c2C(=O)O)c(F)c1. The predicted molar refractivity (Wildman–Crippen MR) is 68.2 cm³/mol. The lowest BCUT2D eigenvalue weighted by atomic mass is 10.2. The third-order valence-electron chi connectivity index (χ3n) is 2.97. The summed E-state index contributed by atoms with van der Waals surface area (Å²) >= 11 is 0. The van der Waals surface area contributed by atoms with Crippen LogP contribution >= 0.6 is 0 Å². The summed E-state index contributed by atoms with van der Waals surface area (Å²) in [5, 5.41) is 9.13. The molecule has 0 saturated carbocycles. The summed E-state index contributed by atoms with van der Waals surface area (Å²) in [4.78, 5) is 11.1. The minimum atomic E-state index is -1.02. The van der Waals surface area contributed by atoms with Crippen molar-refractivity contribution in [3.05, 3.63) is 53.1 Å². The van der Waals surface area contributed by atoms with E-state index in [0.29, 0.717) is 16.9 Å². The standard InChI is InChI=1S/C14H14FNO3/c1-9-5-6-16(13(9)14(17)18)8-10-3-4-11(19-2)7-12(10)15/h3-7H,8H2,1-2H3,(H,17,18). The van der Waals surface area contributed by atoms with E-state index in [1.807, 2.05) is 0 Å². The van der Waals surface area contributed by atoms with Crippen LogP contribution < -0.4 is 4.74 Å². The molecule has 0 amide bonds. The van der Waals surface area contributed by atoms with Crippen LogP contribution in [0.3, 0.4) is 0 Å². The number of aromatic carboxylic acids is 1. The second kappa shape index (κ2) is 5.14. The maximum Gasteiger partial charge on any atom is 0.352 e. The highest BCUT2D eigenvalue weighted by Gasteiger charge is 2.14. The molecule has 5 heteroatoms. The Morgan fingerprint density at radius 3 is 2.74 bits per heavy atom. The summed E-state index contributed by atoms with van der Waals surface area (Å²) in [7, 11) is 1.46. The van der Waals surface area contributed by atoms with Crippen LogP contribution in [0.15, 0.2) is 30.5 Å². The molecule has 0 fully saturated rings. The molecule has 2 aromatic rings. The smallest absolute Gasteiger partial charge is 0.352 e. The Kier molecular flexibility index (Phi) is 3.55. The minimum Gasteiger partial charge on any atom is -0.497 e. The van der Waals surface area contributed by atoms with Gasteiger partial charge in [0.05, 0.1) is 13.7 Å². The minimum absolute atomic E-state index is 0.172. The fraction of sp³-hybridized carbons (Fsp3) is 0.214. The number of ether oxygens (including phenoxy) is 1. The maximum atomic E-state index is 13.8. The lowest BCUT2D eigenvalue weighted by molar-refractivity contribution is 0.0685. The first-order valence-electron chi connectivity index (χ1n) is 5.74. The number of methoxy groups -OCH3 is 1. The van der Waals surface area contributed by atoms with E-state index in [1.54, 1.807) is 31.3 Å². The number of aryl methyl sites for hydroxylation is 1. The van der Waals surface area contributed by atoms with E-state index in [0.717, 1.165) is 0 Å². The van der Waals surface area contributed by atoms with Crippen molar-refractivity contribution in [3.63, 3.8) is 0 Å². The Labute approximate surface area is 110 Å². The molecule has 1 N–H and O–H groups in total. The highest BCUT2D eigenvalue weighted by molar-refractivity contribution is 5.87. The summed E-state index contributed by atoms with van der Waals surface area (Å²) in [6, 6.07) is 6.22. The van der Waals surface area contributed by atoms with Crippen molar-refractivity contribution in [2.45, 2.75) is 13.5 Å². The summed E-state index contributed by atoms with van der Waals surface area (Å²) in [6.45, 7) is 1.88. The normalized spacial score (nSPS) is 10.5. The first-order valence-corrected chi connectivity index (χ1v) is 5.74. The number of carboxylic acid groups (broad SMARTS) is 1. The Bertz CT molecular complexity index is 619. The second-order valence-corrected chi connectivity index (χ2v) is 4.24. The first-order chi connectivity index (χ1) is 9.02. The van der Waals surface area contributed by atoms with Gasteiger partial charge in [0.1, 0.15) is 17.3 Å². The van der Waals surface area contributed by atoms with Gasteiger partial charge in [0, 0.05) is 17.8 Å². The Hall–Kier alpha value is -2.30. The van der Waals surface area contributed by atoms with Crippen molar-refractivity contribution in [2.24, 2.45) is 0 Å². The number of halogens is 1. The zero-order valence-electron chi connectivity index (χ0n) is 10.7. The lowest BCUT2D eigenvalue weighted by Gasteiger charge is -2.09. The van der Waals surface area contributed by atoms with Crippen LogP contribution in [-0.2, 0) is 6.54 Å². The van der Waals surface area contributed by atoms with Crippen LogP contribution in [0.1, 0.15) is 21.6 Å². The van der Waals surface area contributed by atoms with Crippen LogP contribution in [0.4, 0.5) is 4.39 Å².